The second-order valence-corrected chi connectivity index (χ2v) is 5.20. The minimum atomic E-state index is -0.806. The molecule has 18 heavy (non-hydrogen) atoms. The molecule has 1 fully saturated rings. The molecule has 1 aromatic rings. The van der Waals surface area contributed by atoms with Gasteiger partial charge in [0, 0.05) is 12.8 Å². The first-order valence-electron chi connectivity index (χ1n) is 6.11. The van der Waals surface area contributed by atoms with E-state index < -0.39 is 5.72 Å². The maximum atomic E-state index is 12.1. The number of aryl methyl sites for hydroxylation is 1. The zero-order valence-electron chi connectivity index (χ0n) is 10.7. The van der Waals surface area contributed by atoms with E-state index in [0.717, 1.165) is 16.8 Å². The number of rotatable bonds is 0. The number of esters is 1. The molecule has 1 atom stereocenters. The molecule has 4 nitrogen and oxygen atoms in total. The normalized spacial score (nSPS) is 25.8. The number of hydrogen-bond donors (Lipinski definition) is 0. The average molecular weight is 245 g/mol. The standard InChI is InChI=1S/C14H15NO3/c1-8-4-5-10-12(9(8)2)15-11(16)6-7-14(15,3)18-13(10)17/h4-5H,6-7H2,1-3H3. The van der Waals surface area contributed by atoms with E-state index in [0.29, 0.717) is 18.4 Å². The first-order valence-corrected chi connectivity index (χ1v) is 6.11. The lowest BCUT2D eigenvalue weighted by Gasteiger charge is -2.40. The summed E-state index contributed by atoms with van der Waals surface area (Å²) in [5.41, 5.74) is 2.47. The smallest absolute Gasteiger partial charge is 0.342 e. The van der Waals surface area contributed by atoms with Crippen LogP contribution in [-0.2, 0) is 9.53 Å². The highest BCUT2D eigenvalue weighted by molar-refractivity contribution is 6.08. The zero-order chi connectivity index (χ0) is 13.1. The van der Waals surface area contributed by atoms with Crippen molar-refractivity contribution in [2.45, 2.75) is 39.3 Å². The Labute approximate surface area is 106 Å². The van der Waals surface area contributed by atoms with Gasteiger partial charge in [-0.2, -0.15) is 0 Å². The van der Waals surface area contributed by atoms with Crippen LogP contribution in [-0.4, -0.2) is 17.6 Å². The number of carbonyl (C=O) groups excluding carboxylic acids is 2. The maximum absolute atomic E-state index is 12.1. The van der Waals surface area contributed by atoms with Crippen LogP contribution in [0.25, 0.3) is 0 Å². The largest absolute Gasteiger partial charge is 0.435 e. The molecule has 0 spiro atoms. The van der Waals surface area contributed by atoms with Crippen molar-refractivity contribution in [3.8, 4) is 0 Å². The quantitative estimate of drug-likeness (QED) is 0.659. The molecule has 94 valence electrons. The van der Waals surface area contributed by atoms with Gasteiger partial charge in [0.2, 0.25) is 5.91 Å². The molecule has 1 amide bonds. The highest BCUT2D eigenvalue weighted by Gasteiger charge is 2.50. The molecule has 1 saturated heterocycles. The Balaban J connectivity index is 2.31. The molecular weight excluding hydrogens is 230 g/mol. The number of amides is 1. The average Bonchev–Trinajstić information content (AvgIpc) is 2.60. The Hall–Kier alpha value is -1.84. The Bertz CT molecular complexity index is 579. The lowest BCUT2D eigenvalue weighted by Crippen LogP contribution is -2.51. The van der Waals surface area contributed by atoms with Crippen molar-refractivity contribution < 1.29 is 14.3 Å². The highest BCUT2D eigenvalue weighted by atomic mass is 16.6. The third-order valence-electron chi connectivity index (χ3n) is 3.98. The number of ether oxygens (including phenoxy) is 1. The van der Waals surface area contributed by atoms with Gasteiger partial charge in [-0.25, -0.2) is 4.79 Å². The van der Waals surface area contributed by atoms with Gasteiger partial charge in [-0.1, -0.05) is 6.07 Å². The third kappa shape index (κ3) is 1.26. The Kier molecular flexibility index (Phi) is 2.09. The number of nitrogens with zero attached hydrogens (tertiary/aromatic N) is 1. The molecule has 0 bridgehead atoms. The molecular formula is C14H15NO3. The second-order valence-electron chi connectivity index (χ2n) is 5.20. The molecule has 2 aliphatic heterocycles. The fraction of sp³-hybridized carbons (Fsp3) is 0.429. The first kappa shape index (κ1) is 11.3. The number of carbonyl (C=O) groups is 2. The lowest BCUT2D eigenvalue weighted by molar-refractivity contribution is -0.118. The second kappa shape index (κ2) is 3.34. The van der Waals surface area contributed by atoms with E-state index in [2.05, 4.69) is 0 Å². The van der Waals surface area contributed by atoms with Crippen molar-refractivity contribution >= 4 is 17.6 Å². The Morgan fingerprint density at radius 3 is 2.72 bits per heavy atom. The van der Waals surface area contributed by atoms with E-state index in [4.69, 9.17) is 4.74 Å². The van der Waals surface area contributed by atoms with Crippen LogP contribution in [0, 0.1) is 13.8 Å². The zero-order valence-corrected chi connectivity index (χ0v) is 10.7. The Morgan fingerprint density at radius 1 is 1.28 bits per heavy atom. The van der Waals surface area contributed by atoms with Gasteiger partial charge in [0.1, 0.15) is 0 Å². The van der Waals surface area contributed by atoms with Gasteiger partial charge >= 0.3 is 5.97 Å². The van der Waals surface area contributed by atoms with E-state index in [1.165, 1.54) is 0 Å². The summed E-state index contributed by atoms with van der Waals surface area (Å²) >= 11 is 0. The molecule has 2 aliphatic rings. The first-order chi connectivity index (χ1) is 8.44. The SMILES string of the molecule is Cc1ccc2c(c1C)N1C(=O)CCC1(C)OC2=O. The summed E-state index contributed by atoms with van der Waals surface area (Å²) in [4.78, 5) is 25.8. The van der Waals surface area contributed by atoms with Crippen molar-refractivity contribution in [2.75, 3.05) is 4.90 Å². The van der Waals surface area contributed by atoms with Gasteiger partial charge in [0.05, 0.1) is 11.3 Å². The molecule has 0 aliphatic carbocycles. The van der Waals surface area contributed by atoms with Crippen molar-refractivity contribution in [1.82, 2.24) is 0 Å². The van der Waals surface area contributed by atoms with Gasteiger partial charge in [0.25, 0.3) is 0 Å². The monoisotopic (exact) mass is 245 g/mol. The van der Waals surface area contributed by atoms with E-state index in [1.54, 1.807) is 17.9 Å². The number of anilines is 1. The van der Waals surface area contributed by atoms with Gasteiger partial charge in [-0.05, 0) is 38.0 Å². The van der Waals surface area contributed by atoms with Crippen LogP contribution in [0.5, 0.6) is 0 Å². The molecule has 1 aromatic carbocycles. The summed E-state index contributed by atoms with van der Waals surface area (Å²) in [6.07, 6.45) is 0.987. The van der Waals surface area contributed by atoms with Crippen molar-refractivity contribution in [3.05, 3.63) is 28.8 Å². The number of fused-ring (bicyclic) bond motifs is 3. The van der Waals surface area contributed by atoms with Crippen molar-refractivity contribution in [2.24, 2.45) is 0 Å². The molecule has 0 radical (unpaired) electrons. The summed E-state index contributed by atoms with van der Waals surface area (Å²) < 4.78 is 5.46. The van der Waals surface area contributed by atoms with E-state index in [-0.39, 0.29) is 11.9 Å². The summed E-state index contributed by atoms with van der Waals surface area (Å²) in [7, 11) is 0. The van der Waals surface area contributed by atoms with E-state index in [9.17, 15) is 9.59 Å². The van der Waals surface area contributed by atoms with E-state index in [1.807, 2.05) is 19.9 Å². The van der Waals surface area contributed by atoms with Crippen LogP contribution < -0.4 is 4.90 Å². The molecule has 3 rings (SSSR count). The summed E-state index contributed by atoms with van der Waals surface area (Å²) in [6, 6.07) is 3.63. The molecule has 2 heterocycles. The summed E-state index contributed by atoms with van der Waals surface area (Å²) in [6.45, 7) is 5.73. The van der Waals surface area contributed by atoms with Crippen LogP contribution in [0.1, 0.15) is 41.3 Å². The van der Waals surface area contributed by atoms with Crippen molar-refractivity contribution in [3.63, 3.8) is 0 Å². The fourth-order valence-electron chi connectivity index (χ4n) is 2.79. The van der Waals surface area contributed by atoms with Gasteiger partial charge < -0.3 is 4.74 Å². The molecule has 0 N–H and O–H groups in total. The minimum absolute atomic E-state index is 0.0277. The van der Waals surface area contributed by atoms with Crippen LogP contribution in [0.3, 0.4) is 0 Å². The van der Waals surface area contributed by atoms with Gasteiger partial charge in [-0.15, -0.1) is 0 Å². The van der Waals surface area contributed by atoms with Crippen LogP contribution in [0.4, 0.5) is 5.69 Å². The van der Waals surface area contributed by atoms with Crippen molar-refractivity contribution in [1.29, 1.82) is 0 Å². The summed E-state index contributed by atoms with van der Waals surface area (Å²) in [5, 5.41) is 0. The predicted molar refractivity (Wildman–Crippen MR) is 66.5 cm³/mol. The van der Waals surface area contributed by atoms with Crippen LogP contribution in [0.15, 0.2) is 12.1 Å². The lowest BCUT2D eigenvalue weighted by atomic mass is 9.98. The number of benzene rings is 1. The van der Waals surface area contributed by atoms with E-state index >= 15 is 0 Å². The minimum Gasteiger partial charge on any atom is -0.435 e. The molecule has 0 saturated carbocycles. The topological polar surface area (TPSA) is 46.6 Å². The maximum Gasteiger partial charge on any atom is 0.342 e. The van der Waals surface area contributed by atoms with Crippen LogP contribution >= 0.6 is 0 Å². The fourth-order valence-corrected chi connectivity index (χ4v) is 2.79. The molecule has 1 unspecified atom stereocenters. The molecule has 0 aromatic heterocycles. The Morgan fingerprint density at radius 2 is 2.00 bits per heavy atom. The van der Waals surface area contributed by atoms with Crippen LogP contribution in [0.2, 0.25) is 0 Å². The van der Waals surface area contributed by atoms with Gasteiger partial charge in [-0.3, -0.25) is 9.69 Å². The summed E-state index contributed by atoms with van der Waals surface area (Å²) in [5.74, 6) is -0.304. The third-order valence-corrected chi connectivity index (χ3v) is 3.98. The molecule has 4 heteroatoms. The predicted octanol–water partition coefficient (Wildman–Crippen LogP) is 2.32. The number of hydrogen-bond acceptors (Lipinski definition) is 3. The highest BCUT2D eigenvalue weighted by Crippen LogP contribution is 2.44. The van der Waals surface area contributed by atoms with Gasteiger partial charge in [0.15, 0.2) is 5.72 Å².